The predicted molar refractivity (Wildman–Crippen MR) is 64.9 cm³/mol. The van der Waals surface area contributed by atoms with Crippen molar-refractivity contribution in [2.45, 2.75) is 50.5 Å². The molecule has 1 aliphatic carbocycles. The minimum atomic E-state index is 0.309. The average Bonchev–Trinajstić information content (AvgIpc) is 2.68. The Balaban J connectivity index is 2.26. The van der Waals surface area contributed by atoms with Crippen LogP contribution in [0.5, 0.6) is 0 Å². The normalized spacial score (nSPS) is 21.5. The third-order valence-corrected chi connectivity index (χ3v) is 3.66. The summed E-state index contributed by atoms with van der Waals surface area (Å²) in [5, 5.41) is 0. The molecule has 1 aromatic carbocycles. The SMILES string of the molecule is C[C@H](N)CC1(c2ccccc2)CCCC1. The maximum Gasteiger partial charge on any atom is 0.00189 e. The molecule has 0 spiro atoms. The molecule has 2 rings (SSSR count). The second kappa shape index (κ2) is 4.36. The summed E-state index contributed by atoms with van der Waals surface area (Å²) < 4.78 is 0. The number of nitrogens with two attached hydrogens (primary N) is 1. The van der Waals surface area contributed by atoms with Crippen LogP contribution in [-0.2, 0) is 5.41 Å². The van der Waals surface area contributed by atoms with Gasteiger partial charge in [0.05, 0.1) is 0 Å². The zero-order chi connectivity index (χ0) is 10.7. The van der Waals surface area contributed by atoms with E-state index >= 15 is 0 Å². The standard InChI is InChI=1S/C14H21N/c1-12(15)11-14(9-5-6-10-14)13-7-3-2-4-8-13/h2-4,7-8,12H,5-6,9-11,15H2,1H3/t12-/m0/s1. The van der Waals surface area contributed by atoms with Crippen molar-refractivity contribution < 1.29 is 0 Å². The minimum Gasteiger partial charge on any atom is -0.328 e. The molecule has 1 heteroatoms. The van der Waals surface area contributed by atoms with Gasteiger partial charge in [-0.05, 0) is 37.2 Å². The van der Waals surface area contributed by atoms with E-state index < -0.39 is 0 Å². The Hall–Kier alpha value is -0.820. The Morgan fingerprint density at radius 3 is 2.33 bits per heavy atom. The smallest absolute Gasteiger partial charge is 0.00189 e. The molecule has 1 nitrogen and oxygen atoms in total. The zero-order valence-corrected chi connectivity index (χ0v) is 9.58. The van der Waals surface area contributed by atoms with Gasteiger partial charge in [-0.15, -0.1) is 0 Å². The summed E-state index contributed by atoms with van der Waals surface area (Å²) >= 11 is 0. The van der Waals surface area contributed by atoms with E-state index in [9.17, 15) is 0 Å². The number of rotatable bonds is 3. The lowest BCUT2D eigenvalue weighted by Gasteiger charge is -2.31. The van der Waals surface area contributed by atoms with E-state index in [4.69, 9.17) is 5.73 Å². The zero-order valence-electron chi connectivity index (χ0n) is 9.58. The van der Waals surface area contributed by atoms with Gasteiger partial charge in [-0.3, -0.25) is 0 Å². The van der Waals surface area contributed by atoms with Crippen molar-refractivity contribution >= 4 is 0 Å². The molecular formula is C14H21N. The highest BCUT2D eigenvalue weighted by molar-refractivity contribution is 5.26. The molecule has 1 fully saturated rings. The topological polar surface area (TPSA) is 26.0 Å². The number of hydrogen-bond acceptors (Lipinski definition) is 1. The summed E-state index contributed by atoms with van der Waals surface area (Å²) in [6.45, 7) is 2.13. The van der Waals surface area contributed by atoms with Gasteiger partial charge in [0.25, 0.3) is 0 Å². The second-order valence-corrected chi connectivity index (χ2v) is 5.03. The van der Waals surface area contributed by atoms with Crippen molar-refractivity contribution in [3.05, 3.63) is 35.9 Å². The molecular weight excluding hydrogens is 182 g/mol. The van der Waals surface area contributed by atoms with Gasteiger partial charge < -0.3 is 5.73 Å². The first kappa shape index (κ1) is 10.7. The van der Waals surface area contributed by atoms with Crippen LogP contribution in [0.1, 0.15) is 44.6 Å². The van der Waals surface area contributed by atoms with Crippen LogP contribution < -0.4 is 5.73 Å². The molecule has 0 radical (unpaired) electrons. The minimum absolute atomic E-state index is 0.309. The molecule has 2 N–H and O–H groups in total. The van der Waals surface area contributed by atoms with Crippen LogP contribution in [0.2, 0.25) is 0 Å². The predicted octanol–water partition coefficient (Wildman–Crippen LogP) is 3.24. The Labute approximate surface area is 92.7 Å². The first-order valence-electron chi connectivity index (χ1n) is 6.04. The molecule has 0 saturated heterocycles. The molecule has 1 saturated carbocycles. The largest absolute Gasteiger partial charge is 0.328 e. The molecule has 1 aromatic rings. The fourth-order valence-electron chi connectivity index (χ4n) is 3.07. The quantitative estimate of drug-likeness (QED) is 0.802. The van der Waals surface area contributed by atoms with Gasteiger partial charge in [0.1, 0.15) is 0 Å². The number of benzene rings is 1. The fraction of sp³-hybridized carbons (Fsp3) is 0.571. The van der Waals surface area contributed by atoms with Gasteiger partial charge in [-0.1, -0.05) is 43.2 Å². The average molecular weight is 203 g/mol. The van der Waals surface area contributed by atoms with Gasteiger partial charge >= 0.3 is 0 Å². The van der Waals surface area contributed by atoms with Crippen molar-refractivity contribution in [2.75, 3.05) is 0 Å². The summed E-state index contributed by atoms with van der Waals surface area (Å²) in [4.78, 5) is 0. The highest BCUT2D eigenvalue weighted by Crippen LogP contribution is 2.44. The maximum absolute atomic E-state index is 5.99. The second-order valence-electron chi connectivity index (χ2n) is 5.03. The third-order valence-electron chi connectivity index (χ3n) is 3.66. The van der Waals surface area contributed by atoms with Gasteiger partial charge in [0.2, 0.25) is 0 Å². The van der Waals surface area contributed by atoms with Crippen LogP contribution in [0, 0.1) is 0 Å². The lowest BCUT2D eigenvalue weighted by Crippen LogP contribution is -2.31. The van der Waals surface area contributed by atoms with Crippen LogP contribution in [-0.4, -0.2) is 6.04 Å². The Morgan fingerprint density at radius 1 is 1.20 bits per heavy atom. The van der Waals surface area contributed by atoms with Gasteiger partial charge in [0, 0.05) is 6.04 Å². The Morgan fingerprint density at radius 2 is 1.80 bits per heavy atom. The summed E-state index contributed by atoms with van der Waals surface area (Å²) in [7, 11) is 0. The molecule has 15 heavy (non-hydrogen) atoms. The van der Waals surface area contributed by atoms with E-state index in [0.717, 1.165) is 6.42 Å². The van der Waals surface area contributed by atoms with E-state index in [-0.39, 0.29) is 0 Å². The van der Waals surface area contributed by atoms with E-state index in [2.05, 4.69) is 37.3 Å². The first-order valence-corrected chi connectivity index (χ1v) is 6.04. The van der Waals surface area contributed by atoms with Crippen molar-refractivity contribution in [1.29, 1.82) is 0 Å². The van der Waals surface area contributed by atoms with E-state index in [0.29, 0.717) is 11.5 Å². The first-order chi connectivity index (χ1) is 7.23. The van der Waals surface area contributed by atoms with Gasteiger partial charge in [0.15, 0.2) is 0 Å². The van der Waals surface area contributed by atoms with Crippen molar-refractivity contribution in [1.82, 2.24) is 0 Å². The van der Waals surface area contributed by atoms with E-state index in [1.807, 2.05) is 0 Å². The van der Waals surface area contributed by atoms with Crippen molar-refractivity contribution in [3.8, 4) is 0 Å². The fourth-order valence-corrected chi connectivity index (χ4v) is 3.07. The highest BCUT2D eigenvalue weighted by atomic mass is 14.6. The molecule has 0 heterocycles. The lowest BCUT2D eigenvalue weighted by atomic mass is 9.74. The molecule has 0 bridgehead atoms. The highest BCUT2D eigenvalue weighted by Gasteiger charge is 2.35. The Bertz CT molecular complexity index is 296. The van der Waals surface area contributed by atoms with Crippen molar-refractivity contribution in [2.24, 2.45) is 5.73 Å². The lowest BCUT2D eigenvalue weighted by molar-refractivity contribution is 0.375. The summed E-state index contributed by atoms with van der Waals surface area (Å²) in [6, 6.07) is 11.2. The molecule has 0 aromatic heterocycles. The number of hydrogen-bond donors (Lipinski definition) is 1. The monoisotopic (exact) mass is 203 g/mol. The summed E-state index contributed by atoms with van der Waals surface area (Å²) in [6.07, 6.45) is 6.50. The summed E-state index contributed by atoms with van der Waals surface area (Å²) in [5.41, 5.74) is 7.88. The third kappa shape index (κ3) is 2.23. The van der Waals surface area contributed by atoms with Crippen LogP contribution in [0.4, 0.5) is 0 Å². The van der Waals surface area contributed by atoms with Crippen LogP contribution in [0.15, 0.2) is 30.3 Å². The van der Waals surface area contributed by atoms with Crippen LogP contribution in [0.3, 0.4) is 0 Å². The summed E-state index contributed by atoms with van der Waals surface area (Å²) in [5.74, 6) is 0. The van der Waals surface area contributed by atoms with E-state index in [1.54, 1.807) is 0 Å². The molecule has 0 unspecified atom stereocenters. The molecule has 1 aliphatic rings. The van der Waals surface area contributed by atoms with E-state index in [1.165, 1.54) is 31.2 Å². The molecule has 82 valence electrons. The van der Waals surface area contributed by atoms with Gasteiger partial charge in [-0.25, -0.2) is 0 Å². The van der Waals surface area contributed by atoms with Crippen molar-refractivity contribution in [3.63, 3.8) is 0 Å². The molecule has 0 aliphatic heterocycles. The molecule has 1 atom stereocenters. The van der Waals surface area contributed by atoms with Crippen LogP contribution >= 0.6 is 0 Å². The maximum atomic E-state index is 5.99. The molecule has 0 amide bonds. The van der Waals surface area contributed by atoms with Gasteiger partial charge in [-0.2, -0.15) is 0 Å². The Kier molecular flexibility index (Phi) is 3.11. The van der Waals surface area contributed by atoms with Crippen LogP contribution in [0.25, 0.3) is 0 Å².